The molecule has 0 aliphatic carbocycles. The Morgan fingerprint density at radius 1 is 0.816 bits per heavy atom. The lowest BCUT2D eigenvalue weighted by Crippen LogP contribution is -2.44. The number of carboxylic acid groups (broad SMARTS) is 4. The molecule has 1 aromatic rings. The average Bonchev–Trinajstić information content (AvgIpc) is 3.01. The monoisotopic (exact) mass is 741 g/mol. The van der Waals surface area contributed by atoms with E-state index in [9.17, 15) is 57.6 Å². The van der Waals surface area contributed by atoms with Crippen LogP contribution in [0.3, 0.4) is 0 Å². The first-order valence-corrected chi connectivity index (χ1v) is 16.7. The van der Waals surface area contributed by atoms with E-state index in [0.29, 0.717) is 19.3 Å². The Morgan fingerprint density at radius 3 is 1.96 bits per heavy atom. The normalized spacial score (nSPS) is 14.0. The number of aliphatic carboxylic acids is 4. The van der Waals surface area contributed by atoms with E-state index in [2.05, 4.69) is 20.9 Å². The second-order valence-corrected chi connectivity index (χ2v) is 12.4. The molecule has 3 amide bonds. The highest BCUT2D eigenvalue weighted by Gasteiger charge is 2.30. The van der Waals surface area contributed by atoms with Gasteiger partial charge >= 0.3 is 31.6 Å². The molecule has 1 aromatic heterocycles. The Balaban J connectivity index is 2.41. The number of pyridine rings is 1. The predicted molar refractivity (Wildman–Crippen MR) is 165 cm³/mol. The molecule has 0 saturated carbocycles. The van der Waals surface area contributed by atoms with Gasteiger partial charge in [-0.25, -0.2) is 24.2 Å². The molecule has 1 heterocycles. The number of amides is 3. The van der Waals surface area contributed by atoms with Crippen LogP contribution in [0.15, 0.2) is 12.3 Å². The molecular formula is C27H38ClFN5O14P. The van der Waals surface area contributed by atoms with Crippen LogP contribution < -0.4 is 21.0 Å². The molecule has 22 heteroatoms. The zero-order valence-corrected chi connectivity index (χ0v) is 27.6. The number of halogens is 2. The average molecular weight is 742 g/mol. The lowest BCUT2D eigenvalue weighted by atomic mass is 10.1. The van der Waals surface area contributed by atoms with E-state index in [4.69, 9.17) is 26.3 Å². The van der Waals surface area contributed by atoms with Crippen molar-refractivity contribution in [3.8, 4) is 0 Å². The molecule has 274 valence electrons. The first kappa shape index (κ1) is 42.8. The number of carboxylic acids is 4. The summed E-state index contributed by atoms with van der Waals surface area (Å²) in [5, 5.41) is 45.1. The van der Waals surface area contributed by atoms with Gasteiger partial charge in [0.1, 0.15) is 18.1 Å². The maximum Gasteiger partial charge on any atom is 0.403 e. The fourth-order valence-corrected chi connectivity index (χ4v) is 5.23. The molecule has 0 bridgehead atoms. The molecule has 4 atom stereocenters. The summed E-state index contributed by atoms with van der Waals surface area (Å²) in [6.45, 7) is -0.313. The van der Waals surface area contributed by atoms with Gasteiger partial charge in [-0.1, -0.05) is 18.0 Å². The third-order valence-corrected chi connectivity index (χ3v) is 7.95. The molecule has 0 radical (unpaired) electrons. The number of carbonyl (C=O) groups excluding carboxylic acids is 3. The van der Waals surface area contributed by atoms with Crippen molar-refractivity contribution in [1.82, 2.24) is 26.0 Å². The SMILES string of the molecule is O=C(O)CCC(NP(=O)(O)OCCCC(NC(=O)CCC(NC(=O)CCCCCNC(=O)c1cnc(F)c(Cl)c1)C(=O)O)C(=O)O)C(=O)O. The minimum Gasteiger partial charge on any atom is -0.481 e. The molecule has 4 unspecified atom stereocenters. The summed E-state index contributed by atoms with van der Waals surface area (Å²) in [7, 11) is -4.73. The summed E-state index contributed by atoms with van der Waals surface area (Å²) in [6.07, 6.45) is -0.200. The lowest BCUT2D eigenvalue weighted by molar-refractivity contribution is -0.143. The van der Waals surface area contributed by atoms with E-state index in [0.717, 1.165) is 12.3 Å². The number of hydrogen-bond acceptors (Lipinski definition) is 10. The summed E-state index contributed by atoms with van der Waals surface area (Å²) >= 11 is 5.60. The summed E-state index contributed by atoms with van der Waals surface area (Å²) in [6, 6.07) is -3.54. The Morgan fingerprint density at radius 2 is 1.39 bits per heavy atom. The van der Waals surface area contributed by atoms with Crippen LogP contribution in [0, 0.1) is 5.95 Å². The summed E-state index contributed by atoms with van der Waals surface area (Å²) in [4.78, 5) is 94.8. The van der Waals surface area contributed by atoms with E-state index in [1.165, 1.54) is 0 Å². The molecule has 0 spiro atoms. The van der Waals surface area contributed by atoms with Crippen LogP contribution in [0.2, 0.25) is 5.02 Å². The molecular weight excluding hydrogens is 704 g/mol. The van der Waals surface area contributed by atoms with Gasteiger partial charge in [0.25, 0.3) is 5.91 Å². The Bertz CT molecular complexity index is 1400. The second kappa shape index (κ2) is 21.7. The Labute approximate surface area is 283 Å². The van der Waals surface area contributed by atoms with Gasteiger partial charge in [0.15, 0.2) is 0 Å². The van der Waals surface area contributed by atoms with Gasteiger partial charge in [0, 0.05) is 32.0 Å². The Kier molecular flexibility index (Phi) is 18.9. The van der Waals surface area contributed by atoms with Gasteiger partial charge in [-0.3, -0.25) is 28.5 Å². The molecule has 0 saturated heterocycles. The molecule has 19 nitrogen and oxygen atoms in total. The van der Waals surface area contributed by atoms with E-state index in [1.807, 2.05) is 0 Å². The highest BCUT2D eigenvalue weighted by molar-refractivity contribution is 7.50. The highest BCUT2D eigenvalue weighted by atomic mass is 35.5. The van der Waals surface area contributed by atoms with Crippen molar-refractivity contribution >= 4 is 60.9 Å². The van der Waals surface area contributed by atoms with Crippen LogP contribution in [0.4, 0.5) is 4.39 Å². The summed E-state index contributed by atoms with van der Waals surface area (Å²) < 4.78 is 30.0. The molecule has 9 N–H and O–H groups in total. The minimum atomic E-state index is -4.73. The molecule has 0 fully saturated rings. The standard InChI is InChI=1S/C27H38ClFN5O14P/c28-16-13-15(14-31-23(16)29)24(39)30-11-3-1-2-6-20(35)33-18(26(42)43)7-9-21(36)32-17(25(40)41)5-4-12-48-49(46,47)34-19(27(44)45)8-10-22(37)38/h13-14,17-19H,1-12H2,(H,30,39)(H,32,36)(H,33,35)(H,37,38)(H,40,41)(H,42,43)(H,44,45)(H2,34,46,47). The first-order chi connectivity index (χ1) is 22.9. The molecule has 0 aromatic carbocycles. The van der Waals surface area contributed by atoms with Gasteiger partial charge in [-0.05, 0) is 44.6 Å². The van der Waals surface area contributed by atoms with Crippen molar-refractivity contribution in [3.05, 3.63) is 28.8 Å². The van der Waals surface area contributed by atoms with Gasteiger partial charge < -0.3 is 41.3 Å². The number of aromatic nitrogens is 1. The maximum atomic E-state index is 13.1. The van der Waals surface area contributed by atoms with E-state index in [1.54, 1.807) is 5.09 Å². The third kappa shape index (κ3) is 18.2. The fourth-order valence-electron chi connectivity index (χ4n) is 3.98. The van der Waals surface area contributed by atoms with Gasteiger partial charge in [0.05, 0.1) is 17.2 Å². The number of nitrogens with zero attached hydrogens (tertiary/aromatic N) is 1. The molecule has 0 aliphatic heterocycles. The maximum absolute atomic E-state index is 13.1. The number of unbranched alkanes of at least 4 members (excludes halogenated alkanes) is 2. The molecule has 49 heavy (non-hydrogen) atoms. The van der Waals surface area contributed by atoms with E-state index < -0.39 is 99.3 Å². The van der Waals surface area contributed by atoms with Crippen molar-refractivity contribution in [1.29, 1.82) is 0 Å². The van der Waals surface area contributed by atoms with Crippen LogP contribution in [-0.2, 0) is 37.9 Å². The van der Waals surface area contributed by atoms with Crippen LogP contribution in [0.5, 0.6) is 0 Å². The lowest BCUT2D eigenvalue weighted by Gasteiger charge is -2.19. The molecule has 0 aliphatic rings. The topological polar surface area (TPSA) is 308 Å². The third-order valence-electron chi connectivity index (χ3n) is 6.52. The zero-order chi connectivity index (χ0) is 37.1. The highest BCUT2D eigenvalue weighted by Crippen LogP contribution is 2.38. The van der Waals surface area contributed by atoms with Crippen molar-refractivity contribution in [2.45, 2.75) is 82.3 Å². The second-order valence-electron chi connectivity index (χ2n) is 10.5. The van der Waals surface area contributed by atoms with Crippen molar-refractivity contribution in [2.24, 2.45) is 0 Å². The quantitative estimate of drug-likeness (QED) is 0.0382. The summed E-state index contributed by atoms with van der Waals surface area (Å²) in [5.74, 6) is -8.72. The van der Waals surface area contributed by atoms with E-state index >= 15 is 0 Å². The number of nitrogens with one attached hydrogen (secondary N) is 4. The van der Waals surface area contributed by atoms with Crippen LogP contribution in [-0.4, -0.2) is 103 Å². The zero-order valence-electron chi connectivity index (χ0n) is 25.9. The van der Waals surface area contributed by atoms with Crippen LogP contribution >= 0.6 is 19.3 Å². The van der Waals surface area contributed by atoms with Gasteiger partial charge in [0.2, 0.25) is 17.8 Å². The van der Waals surface area contributed by atoms with Crippen molar-refractivity contribution in [2.75, 3.05) is 13.2 Å². The number of rotatable bonds is 25. The van der Waals surface area contributed by atoms with Crippen molar-refractivity contribution in [3.63, 3.8) is 0 Å². The van der Waals surface area contributed by atoms with Crippen LogP contribution in [0.1, 0.15) is 74.6 Å². The largest absolute Gasteiger partial charge is 0.481 e. The summed E-state index contributed by atoms with van der Waals surface area (Å²) in [5.41, 5.74) is 0.0681. The van der Waals surface area contributed by atoms with Gasteiger partial charge in [-0.15, -0.1) is 0 Å². The van der Waals surface area contributed by atoms with Crippen molar-refractivity contribution < 1.29 is 72.4 Å². The fraction of sp³-hybridized carbons (Fsp3) is 0.556. The predicted octanol–water partition coefficient (Wildman–Crippen LogP) is 0.888. The van der Waals surface area contributed by atoms with Gasteiger partial charge in [-0.2, -0.15) is 4.39 Å². The Hall–Kier alpha value is -4.23. The minimum absolute atomic E-state index is 0.0554. The number of carbonyl (C=O) groups is 7. The van der Waals surface area contributed by atoms with E-state index in [-0.39, 0.29) is 42.8 Å². The smallest absolute Gasteiger partial charge is 0.403 e. The van der Waals surface area contributed by atoms with Crippen LogP contribution in [0.25, 0.3) is 0 Å². The molecule has 1 rings (SSSR count). The number of hydrogen-bond donors (Lipinski definition) is 9. The first-order valence-electron chi connectivity index (χ1n) is 14.7.